The highest BCUT2D eigenvalue weighted by Gasteiger charge is 2.14. The number of ether oxygens (including phenoxy) is 2. The fraction of sp³-hybridized carbons (Fsp3) is 0.222. The number of benzene rings is 3. The molecule has 35 heavy (non-hydrogen) atoms. The molecule has 0 unspecified atom stereocenters. The zero-order chi connectivity index (χ0) is 24.9. The van der Waals surface area contributed by atoms with Crippen molar-refractivity contribution in [3.05, 3.63) is 90.0 Å². The predicted octanol–water partition coefficient (Wildman–Crippen LogP) is 4.80. The van der Waals surface area contributed by atoms with Crippen LogP contribution in [0.15, 0.2) is 78.9 Å². The summed E-state index contributed by atoms with van der Waals surface area (Å²) in [6.07, 6.45) is 1.04. The van der Waals surface area contributed by atoms with Gasteiger partial charge in [0.15, 0.2) is 5.11 Å². The van der Waals surface area contributed by atoms with Crippen molar-refractivity contribution in [2.45, 2.75) is 19.8 Å². The van der Waals surface area contributed by atoms with Crippen molar-refractivity contribution in [3.8, 4) is 5.75 Å². The average Bonchev–Trinajstić information content (AvgIpc) is 2.86. The highest BCUT2D eigenvalue weighted by molar-refractivity contribution is 7.80. The number of hydrogen-bond acceptors (Lipinski definition) is 5. The van der Waals surface area contributed by atoms with Gasteiger partial charge < -0.3 is 20.1 Å². The van der Waals surface area contributed by atoms with Crippen LogP contribution in [0, 0.1) is 0 Å². The van der Waals surface area contributed by atoms with Gasteiger partial charge in [0.1, 0.15) is 12.4 Å². The van der Waals surface area contributed by atoms with Crippen molar-refractivity contribution < 1.29 is 19.1 Å². The minimum absolute atomic E-state index is 0.0807. The van der Waals surface area contributed by atoms with Gasteiger partial charge in [0, 0.05) is 24.4 Å². The lowest BCUT2D eigenvalue weighted by molar-refractivity contribution is -0.116. The topological polar surface area (TPSA) is 88.7 Å². The van der Waals surface area contributed by atoms with Gasteiger partial charge in [-0.3, -0.25) is 14.9 Å². The van der Waals surface area contributed by atoms with E-state index in [9.17, 15) is 9.59 Å². The molecule has 8 heteroatoms. The number of rotatable bonds is 11. The van der Waals surface area contributed by atoms with E-state index in [2.05, 4.69) is 16.0 Å². The van der Waals surface area contributed by atoms with Gasteiger partial charge >= 0.3 is 0 Å². The van der Waals surface area contributed by atoms with E-state index in [0.29, 0.717) is 55.4 Å². The monoisotopic (exact) mass is 491 g/mol. The van der Waals surface area contributed by atoms with Crippen LogP contribution in [0.3, 0.4) is 0 Å². The number of aryl methyl sites for hydroxylation is 1. The van der Waals surface area contributed by atoms with Gasteiger partial charge in [-0.25, -0.2) is 0 Å². The number of nitrogens with one attached hydrogen (secondary N) is 3. The molecule has 0 aliphatic carbocycles. The normalized spacial score (nSPS) is 10.3. The van der Waals surface area contributed by atoms with Crippen LogP contribution in [0.2, 0.25) is 0 Å². The molecular weight excluding hydrogens is 462 g/mol. The lowest BCUT2D eigenvalue weighted by atomic mass is 10.1. The second-order valence-electron chi connectivity index (χ2n) is 7.56. The van der Waals surface area contributed by atoms with Gasteiger partial charge in [0.05, 0.1) is 12.2 Å². The van der Waals surface area contributed by atoms with Gasteiger partial charge in [0.2, 0.25) is 5.91 Å². The Balaban J connectivity index is 1.52. The first kappa shape index (κ1) is 25.9. The number of hydrogen-bond donors (Lipinski definition) is 3. The molecule has 0 aliphatic rings. The molecule has 0 aromatic heterocycles. The fourth-order valence-electron chi connectivity index (χ4n) is 3.27. The number of anilines is 2. The lowest BCUT2D eigenvalue weighted by Gasteiger charge is -2.14. The summed E-state index contributed by atoms with van der Waals surface area (Å²) in [5.74, 6) is -0.0181. The molecule has 2 amide bonds. The molecule has 3 N–H and O–H groups in total. The molecule has 0 saturated carbocycles. The van der Waals surface area contributed by atoms with Crippen molar-refractivity contribution >= 4 is 40.5 Å². The number of amides is 2. The van der Waals surface area contributed by atoms with Crippen LogP contribution < -0.4 is 20.7 Å². The van der Waals surface area contributed by atoms with E-state index < -0.39 is 0 Å². The molecule has 182 valence electrons. The third-order valence-electron chi connectivity index (χ3n) is 4.94. The van der Waals surface area contributed by atoms with Crippen molar-refractivity contribution in [3.63, 3.8) is 0 Å². The summed E-state index contributed by atoms with van der Waals surface area (Å²) >= 11 is 5.31. The zero-order valence-electron chi connectivity index (χ0n) is 19.6. The highest BCUT2D eigenvalue weighted by atomic mass is 32.1. The summed E-state index contributed by atoms with van der Waals surface area (Å²) in [6.45, 7) is 3.28. The van der Waals surface area contributed by atoms with E-state index in [1.54, 1.807) is 48.5 Å². The number of thiocarbonyl (C=S) groups is 1. The predicted molar refractivity (Wildman–Crippen MR) is 142 cm³/mol. The smallest absolute Gasteiger partial charge is 0.261 e. The largest absolute Gasteiger partial charge is 0.490 e. The summed E-state index contributed by atoms with van der Waals surface area (Å²) in [6, 6.07) is 23.9. The van der Waals surface area contributed by atoms with E-state index in [1.165, 1.54) is 0 Å². The minimum Gasteiger partial charge on any atom is -0.490 e. The first-order chi connectivity index (χ1) is 17.0. The Hall–Kier alpha value is -3.75. The third-order valence-corrected chi connectivity index (χ3v) is 5.14. The number of para-hydroxylation sites is 1. The molecule has 0 spiro atoms. The Bertz CT molecular complexity index is 1140. The van der Waals surface area contributed by atoms with Crippen LogP contribution in [0.25, 0.3) is 0 Å². The summed E-state index contributed by atoms with van der Waals surface area (Å²) < 4.78 is 10.9. The summed E-state index contributed by atoms with van der Waals surface area (Å²) in [4.78, 5) is 25.1. The van der Waals surface area contributed by atoms with E-state index in [0.717, 1.165) is 5.56 Å². The number of carbonyl (C=O) groups is 2. The Labute approximate surface area is 210 Å². The van der Waals surface area contributed by atoms with Crippen LogP contribution >= 0.6 is 12.2 Å². The molecule has 3 rings (SSSR count). The van der Waals surface area contributed by atoms with Crippen molar-refractivity contribution in [1.82, 2.24) is 5.32 Å². The second kappa shape index (κ2) is 13.8. The Morgan fingerprint density at radius 1 is 0.857 bits per heavy atom. The Morgan fingerprint density at radius 2 is 1.57 bits per heavy atom. The molecule has 0 bridgehead atoms. The van der Waals surface area contributed by atoms with Crippen molar-refractivity contribution in [1.29, 1.82) is 0 Å². The first-order valence-corrected chi connectivity index (χ1v) is 11.8. The zero-order valence-corrected chi connectivity index (χ0v) is 20.4. The second-order valence-corrected chi connectivity index (χ2v) is 7.97. The molecule has 0 radical (unpaired) electrons. The quantitative estimate of drug-likeness (QED) is 0.264. The highest BCUT2D eigenvalue weighted by Crippen LogP contribution is 2.19. The van der Waals surface area contributed by atoms with Crippen molar-refractivity contribution in [2.75, 3.05) is 30.5 Å². The van der Waals surface area contributed by atoms with Gasteiger partial charge in [-0.05, 0) is 61.5 Å². The third kappa shape index (κ3) is 8.84. The average molecular weight is 492 g/mol. The van der Waals surface area contributed by atoms with Crippen LogP contribution in [-0.4, -0.2) is 36.7 Å². The minimum atomic E-state index is -0.389. The summed E-state index contributed by atoms with van der Waals surface area (Å²) in [7, 11) is 0. The van der Waals surface area contributed by atoms with Gasteiger partial charge in [-0.15, -0.1) is 0 Å². The molecule has 0 saturated heterocycles. The fourth-order valence-corrected chi connectivity index (χ4v) is 3.48. The molecule has 3 aromatic rings. The maximum absolute atomic E-state index is 12.7. The first-order valence-electron chi connectivity index (χ1n) is 11.4. The van der Waals surface area contributed by atoms with Crippen molar-refractivity contribution in [2.24, 2.45) is 0 Å². The van der Waals surface area contributed by atoms with Crippen LogP contribution in [-0.2, 0) is 16.0 Å². The Kier molecular flexibility index (Phi) is 10.2. The molecule has 3 aromatic carbocycles. The number of carbonyl (C=O) groups excluding carboxylic acids is 2. The van der Waals surface area contributed by atoms with Crippen LogP contribution in [0.4, 0.5) is 11.4 Å². The lowest BCUT2D eigenvalue weighted by Crippen LogP contribution is -2.34. The molecular formula is C27H29N3O4S. The maximum atomic E-state index is 12.7. The van der Waals surface area contributed by atoms with E-state index in [4.69, 9.17) is 21.7 Å². The summed E-state index contributed by atoms with van der Waals surface area (Å²) in [5, 5.41) is 8.67. The summed E-state index contributed by atoms with van der Waals surface area (Å²) in [5.41, 5.74) is 2.75. The molecule has 0 atom stereocenters. The van der Waals surface area contributed by atoms with Gasteiger partial charge in [-0.2, -0.15) is 0 Å². The molecule has 0 fully saturated rings. The molecule has 7 nitrogen and oxygen atoms in total. The Morgan fingerprint density at radius 3 is 2.34 bits per heavy atom. The molecule has 0 aliphatic heterocycles. The molecule has 0 heterocycles. The van der Waals surface area contributed by atoms with E-state index >= 15 is 0 Å². The van der Waals surface area contributed by atoms with Crippen LogP contribution in [0.1, 0.15) is 29.3 Å². The van der Waals surface area contributed by atoms with Gasteiger partial charge in [-0.1, -0.05) is 48.5 Å². The maximum Gasteiger partial charge on any atom is 0.261 e. The van der Waals surface area contributed by atoms with E-state index in [-0.39, 0.29) is 16.9 Å². The van der Waals surface area contributed by atoms with Crippen LogP contribution in [0.5, 0.6) is 5.75 Å². The SMILES string of the molecule is CCOCCOc1ccccc1C(=O)NC(=S)Nc1cccc(NC(=O)CCc2ccccc2)c1. The van der Waals surface area contributed by atoms with E-state index in [1.807, 2.05) is 37.3 Å². The standard InChI is InChI=1S/C27H29N3O4S/c1-2-33-17-18-34-24-14-7-6-13-23(24)26(32)30-27(35)29-22-12-8-11-21(19-22)28-25(31)16-15-20-9-4-3-5-10-20/h3-14,19H,2,15-18H2,1H3,(H,28,31)(H2,29,30,32,35). The van der Waals surface area contributed by atoms with Gasteiger partial charge in [0.25, 0.3) is 5.91 Å².